The van der Waals surface area contributed by atoms with Gasteiger partial charge in [0.25, 0.3) is 5.91 Å². The molecule has 0 saturated carbocycles. The van der Waals surface area contributed by atoms with Crippen LogP contribution in [0.2, 0.25) is 0 Å². The fourth-order valence-corrected chi connectivity index (χ4v) is 3.72. The van der Waals surface area contributed by atoms with E-state index in [4.69, 9.17) is 14.7 Å². The van der Waals surface area contributed by atoms with Crippen molar-refractivity contribution in [1.82, 2.24) is 15.3 Å². The summed E-state index contributed by atoms with van der Waals surface area (Å²) in [7, 11) is 0. The Hall–Kier alpha value is -2.12. The molecule has 1 aliphatic heterocycles. The molecule has 0 bridgehead atoms. The minimum absolute atomic E-state index is 0.0372. The number of anilines is 1. The summed E-state index contributed by atoms with van der Waals surface area (Å²) in [5, 5.41) is 3.61. The number of morpholine rings is 1. The summed E-state index contributed by atoms with van der Waals surface area (Å²) < 4.78 is 5.46. The first-order chi connectivity index (χ1) is 13.6. The molecule has 28 heavy (non-hydrogen) atoms. The summed E-state index contributed by atoms with van der Waals surface area (Å²) in [5.41, 5.74) is 2.89. The minimum atomic E-state index is -0.0372. The Morgan fingerprint density at radius 1 is 1.21 bits per heavy atom. The second kappa shape index (κ2) is 9.89. The third-order valence-electron chi connectivity index (χ3n) is 4.56. The number of aromatic nitrogens is 2. The number of hydrogen-bond acceptors (Lipinski definition) is 6. The number of nitrogens with one attached hydrogen (secondary N) is 1. The summed E-state index contributed by atoms with van der Waals surface area (Å²) in [5.74, 6) is 2.05. The van der Waals surface area contributed by atoms with E-state index >= 15 is 0 Å². The van der Waals surface area contributed by atoms with Crippen LogP contribution in [0.25, 0.3) is 0 Å². The Labute approximate surface area is 171 Å². The van der Waals surface area contributed by atoms with E-state index in [9.17, 15) is 4.79 Å². The van der Waals surface area contributed by atoms with Crippen molar-refractivity contribution in [2.75, 3.05) is 37.7 Å². The van der Waals surface area contributed by atoms with Gasteiger partial charge in [0.1, 0.15) is 5.82 Å². The van der Waals surface area contributed by atoms with Gasteiger partial charge in [0.2, 0.25) is 0 Å². The highest BCUT2D eigenvalue weighted by atomic mass is 32.2. The maximum Gasteiger partial charge on any atom is 0.251 e. The molecule has 1 fully saturated rings. The first-order valence-corrected chi connectivity index (χ1v) is 10.8. The molecule has 0 aliphatic carbocycles. The molecule has 0 atom stereocenters. The monoisotopic (exact) mass is 400 g/mol. The van der Waals surface area contributed by atoms with Crippen LogP contribution in [0.4, 0.5) is 5.82 Å². The first-order valence-electron chi connectivity index (χ1n) is 9.78. The predicted molar refractivity (Wildman–Crippen MR) is 113 cm³/mol. The molecule has 150 valence electrons. The van der Waals surface area contributed by atoms with Crippen molar-refractivity contribution in [3.8, 4) is 0 Å². The summed E-state index contributed by atoms with van der Waals surface area (Å²) >= 11 is 1.63. The summed E-state index contributed by atoms with van der Waals surface area (Å²) in [6.45, 7) is 10.0. The lowest BCUT2D eigenvalue weighted by molar-refractivity contribution is 0.0956. The maximum absolute atomic E-state index is 11.9. The van der Waals surface area contributed by atoms with Gasteiger partial charge in [-0.1, -0.05) is 37.7 Å². The van der Waals surface area contributed by atoms with Crippen molar-refractivity contribution in [3.05, 3.63) is 47.2 Å². The van der Waals surface area contributed by atoms with Crippen LogP contribution in [-0.4, -0.2) is 48.7 Å². The van der Waals surface area contributed by atoms with E-state index < -0.39 is 0 Å². The predicted octanol–water partition coefficient (Wildman–Crippen LogP) is 3.48. The highest BCUT2D eigenvalue weighted by Crippen LogP contribution is 2.26. The van der Waals surface area contributed by atoms with Gasteiger partial charge in [-0.3, -0.25) is 4.79 Å². The highest BCUT2D eigenvalue weighted by molar-refractivity contribution is 7.98. The van der Waals surface area contributed by atoms with E-state index in [1.165, 1.54) is 0 Å². The van der Waals surface area contributed by atoms with Crippen LogP contribution in [0.5, 0.6) is 0 Å². The molecule has 0 spiro atoms. The van der Waals surface area contributed by atoms with Gasteiger partial charge in [-0.15, -0.1) is 0 Å². The Morgan fingerprint density at radius 3 is 2.57 bits per heavy atom. The molecule has 2 heterocycles. The van der Waals surface area contributed by atoms with E-state index in [-0.39, 0.29) is 5.91 Å². The van der Waals surface area contributed by atoms with E-state index in [0.29, 0.717) is 18.0 Å². The fourth-order valence-electron chi connectivity index (χ4n) is 2.91. The zero-order valence-electron chi connectivity index (χ0n) is 16.8. The summed E-state index contributed by atoms with van der Waals surface area (Å²) in [6.07, 6.45) is 0. The Morgan fingerprint density at radius 2 is 1.93 bits per heavy atom. The maximum atomic E-state index is 11.9. The van der Waals surface area contributed by atoms with Crippen molar-refractivity contribution in [1.29, 1.82) is 0 Å². The molecular formula is C21H28N4O2S. The number of carbonyl (C=O) groups excluding carboxylic acids is 1. The SMILES string of the molecule is CCNC(=O)c1ccc(CSc2nc(C(C)C)cc(N3CCOCC3)n2)cc1. The van der Waals surface area contributed by atoms with E-state index in [1.54, 1.807) is 11.8 Å². The molecule has 1 aromatic carbocycles. The molecule has 0 unspecified atom stereocenters. The van der Waals surface area contributed by atoms with Crippen molar-refractivity contribution in [2.24, 2.45) is 0 Å². The summed E-state index contributed by atoms with van der Waals surface area (Å²) in [4.78, 5) is 23.7. The number of hydrogen-bond donors (Lipinski definition) is 1. The van der Waals surface area contributed by atoms with Crippen molar-refractivity contribution < 1.29 is 9.53 Å². The van der Waals surface area contributed by atoms with Crippen LogP contribution in [0, 0.1) is 0 Å². The normalized spacial score (nSPS) is 14.4. The Bertz CT molecular complexity index is 789. The molecule has 1 N–H and O–H groups in total. The van der Waals surface area contributed by atoms with Crippen LogP contribution in [0.1, 0.15) is 48.3 Å². The number of carbonyl (C=O) groups is 1. The van der Waals surface area contributed by atoms with E-state index in [2.05, 4.69) is 30.1 Å². The third kappa shape index (κ3) is 5.45. The lowest BCUT2D eigenvalue weighted by Crippen LogP contribution is -2.37. The van der Waals surface area contributed by atoms with Crippen LogP contribution in [-0.2, 0) is 10.5 Å². The van der Waals surface area contributed by atoms with E-state index in [1.807, 2.05) is 31.2 Å². The average molecular weight is 401 g/mol. The molecule has 6 nitrogen and oxygen atoms in total. The van der Waals surface area contributed by atoms with Crippen LogP contribution in [0.15, 0.2) is 35.5 Å². The number of nitrogens with zero attached hydrogens (tertiary/aromatic N) is 3. The zero-order valence-corrected chi connectivity index (χ0v) is 17.6. The Balaban J connectivity index is 1.70. The van der Waals surface area contributed by atoms with Gasteiger partial charge in [0.15, 0.2) is 5.16 Å². The second-order valence-electron chi connectivity index (χ2n) is 7.03. The molecule has 1 aromatic heterocycles. The lowest BCUT2D eigenvalue weighted by atomic mass is 10.1. The quantitative estimate of drug-likeness (QED) is 0.567. The number of rotatable bonds is 7. The zero-order chi connectivity index (χ0) is 19.9. The number of thioether (sulfide) groups is 1. The first kappa shape index (κ1) is 20.6. The van der Waals surface area contributed by atoms with Crippen LogP contribution < -0.4 is 10.2 Å². The number of ether oxygens (including phenoxy) is 1. The highest BCUT2D eigenvalue weighted by Gasteiger charge is 2.16. The standard InChI is InChI=1S/C21H28N4O2S/c1-4-22-20(26)17-7-5-16(6-8-17)14-28-21-23-18(15(2)3)13-19(24-21)25-9-11-27-12-10-25/h5-8,13,15H,4,9-12,14H2,1-3H3,(H,22,26). The van der Waals surface area contributed by atoms with Crippen molar-refractivity contribution in [3.63, 3.8) is 0 Å². The largest absolute Gasteiger partial charge is 0.378 e. The minimum Gasteiger partial charge on any atom is -0.378 e. The molecule has 0 radical (unpaired) electrons. The van der Waals surface area contributed by atoms with Gasteiger partial charge in [0, 0.05) is 42.7 Å². The lowest BCUT2D eigenvalue weighted by Gasteiger charge is -2.28. The number of amides is 1. The van der Waals surface area contributed by atoms with E-state index in [0.717, 1.165) is 54.3 Å². The van der Waals surface area contributed by atoms with Gasteiger partial charge in [-0.2, -0.15) is 0 Å². The molecule has 1 amide bonds. The van der Waals surface area contributed by atoms with Gasteiger partial charge >= 0.3 is 0 Å². The van der Waals surface area contributed by atoms with Crippen LogP contribution >= 0.6 is 11.8 Å². The van der Waals surface area contributed by atoms with Crippen molar-refractivity contribution in [2.45, 2.75) is 37.6 Å². The summed E-state index contributed by atoms with van der Waals surface area (Å²) in [6, 6.07) is 9.82. The van der Waals surface area contributed by atoms with Gasteiger partial charge in [0.05, 0.1) is 13.2 Å². The fraction of sp³-hybridized carbons (Fsp3) is 0.476. The molecule has 7 heteroatoms. The molecule has 3 rings (SSSR count). The third-order valence-corrected chi connectivity index (χ3v) is 5.48. The second-order valence-corrected chi connectivity index (χ2v) is 7.98. The molecular weight excluding hydrogens is 372 g/mol. The smallest absolute Gasteiger partial charge is 0.251 e. The van der Waals surface area contributed by atoms with Crippen LogP contribution in [0.3, 0.4) is 0 Å². The number of benzene rings is 1. The molecule has 2 aromatic rings. The topological polar surface area (TPSA) is 67.4 Å². The van der Waals surface area contributed by atoms with Gasteiger partial charge in [-0.25, -0.2) is 9.97 Å². The molecule has 1 aliphatic rings. The van der Waals surface area contributed by atoms with Gasteiger partial charge in [-0.05, 0) is 30.5 Å². The molecule has 1 saturated heterocycles. The van der Waals surface area contributed by atoms with Gasteiger partial charge < -0.3 is 15.0 Å². The average Bonchev–Trinajstić information content (AvgIpc) is 2.73. The van der Waals surface area contributed by atoms with Crippen molar-refractivity contribution >= 4 is 23.5 Å². The Kier molecular flexibility index (Phi) is 7.28.